The molecule has 0 aromatic heterocycles. The van der Waals surface area contributed by atoms with Gasteiger partial charge in [-0.25, -0.2) is 0 Å². The van der Waals surface area contributed by atoms with Crippen molar-refractivity contribution in [1.29, 1.82) is 0 Å². The Balaban J connectivity index is 1.86. The van der Waals surface area contributed by atoms with E-state index in [0.717, 1.165) is 23.4 Å². The summed E-state index contributed by atoms with van der Waals surface area (Å²) < 4.78 is 28.5. The molecule has 6 heteroatoms. The fraction of sp³-hybridized carbons (Fsp3) is 0.316. The minimum Gasteiger partial charge on any atom is -0.435 e. The first-order valence-corrected chi connectivity index (χ1v) is 8.20. The van der Waals surface area contributed by atoms with Gasteiger partial charge < -0.3 is 15.4 Å². The van der Waals surface area contributed by atoms with Crippen LogP contribution in [0.4, 0.5) is 14.5 Å². The molecule has 0 heterocycles. The topological polar surface area (TPSA) is 50.4 Å². The molecule has 2 rings (SSSR count). The van der Waals surface area contributed by atoms with E-state index in [-0.39, 0.29) is 11.7 Å². The number of rotatable bonds is 9. The van der Waals surface area contributed by atoms with Crippen molar-refractivity contribution in [2.45, 2.75) is 32.9 Å². The lowest BCUT2D eigenvalue weighted by molar-refractivity contribution is -0.116. The zero-order valence-corrected chi connectivity index (χ0v) is 14.1. The van der Waals surface area contributed by atoms with Gasteiger partial charge in [0.05, 0.1) is 0 Å². The first-order valence-electron chi connectivity index (χ1n) is 8.20. The number of hydrogen-bond donors (Lipinski definition) is 2. The molecule has 25 heavy (non-hydrogen) atoms. The average molecular weight is 348 g/mol. The van der Waals surface area contributed by atoms with Crippen LogP contribution < -0.4 is 15.4 Å². The molecule has 134 valence electrons. The molecule has 0 aliphatic heterocycles. The van der Waals surface area contributed by atoms with Crippen molar-refractivity contribution in [2.24, 2.45) is 0 Å². The number of halogens is 2. The van der Waals surface area contributed by atoms with Crippen LogP contribution in [-0.2, 0) is 17.8 Å². The van der Waals surface area contributed by atoms with Gasteiger partial charge >= 0.3 is 6.61 Å². The third-order valence-corrected chi connectivity index (χ3v) is 3.65. The summed E-state index contributed by atoms with van der Waals surface area (Å²) in [5.41, 5.74) is 2.72. The number of amides is 1. The van der Waals surface area contributed by atoms with Gasteiger partial charge in [0.15, 0.2) is 0 Å². The molecule has 0 aliphatic rings. The molecule has 1 amide bonds. The maximum absolute atomic E-state index is 12.2. The van der Waals surface area contributed by atoms with Gasteiger partial charge in [0.25, 0.3) is 0 Å². The zero-order chi connectivity index (χ0) is 18.1. The quantitative estimate of drug-likeness (QED) is 0.721. The third kappa shape index (κ3) is 6.51. The normalized spacial score (nSPS) is 10.7. The van der Waals surface area contributed by atoms with Crippen LogP contribution in [0.2, 0.25) is 0 Å². The number of nitrogens with one attached hydrogen (secondary N) is 2. The Morgan fingerprint density at radius 3 is 2.52 bits per heavy atom. The summed E-state index contributed by atoms with van der Waals surface area (Å²) in [6, 6.07) is 14.0. The SMILES string of the molecule is CCNCc1ccccc1NC(=O)CCc1ccc(OC(F)F)cc1. The van der Waals surface area contributed by atoms with Crippen LogP contribution in [0.25, 0.3) is 0 Å². The van der Waals surface area contributed by atoms with Crippen LogP contribution in [0.5, 0.6) is 5.75 Å². The number of hydrogen-bond acceptors (Lipinski definition) is 3. The molecule has 0 atom stereocenters. The molecule has 4 nitrogen and oxygen atoms in total. The highest BCUT2D eigenvalue weighted by atomic mass is 19.3. The zero-order valence-electron chi connectivity index (χ0n) is 14.1. The van der Waals surface area contributed by atoms with E-state index in [4.69, 9.17) is 0 Å². The Morgan fingerprint density at radius 1 is 1.12 bits per heavy atom. The fourth-order valence-electron chi connectivity index (χ4n) is 2.36. The predicted octanol–water partition coefficient (Wildman–Crippen LogP) is 3.97. The number of ether oxygens (including phenoxy) is 1. The van der Waals surface area contributed by atoms with Crippen molar-refractivity contribution in [1.82, 2.24) is 5.32 Å². The Hall–Kier alpha value is -2.47. The van der Waals surface area contributed by atoms with Crippen LogP contribution in [0.15, 0.2) is 48.5 Å². The highest BCUT2D eigenvalue weighted by Crippen LogP contribution is 2.17. The van der Waals surface area contributed by atoms with E-state index >= 15 is 0 Å². The molecule has 0 unspecified atom stereocenters. The van der Waals surface area contributed by atoms with Crippen molar-refractivity contribution in [3.63, 3.8) is 0 Å². The van der Waals surface area contributed by atoms with E-state index in [9.17, 15) is 13.6 Å². The smallest absolute Gasteiger partial charge is 0.387 e. The van der Waals surface area contributed by atoms with E-state index in [2.05, 4.69) is 15.4 Å². The lowest BCUT2D eigenvalue weighted by Crippen LogP contribution is -2.17. The third-order valence-electron chi connectivity index (χ3n) is 3.65. The van der Waals surface area contributed by atoms with Crippen LogP contribution in [0.3, 0.4) is 0 Å². The number of carbonyl (C=O) groups is 1. The summed E-state index contributed by atoms with van der Waals surface area (Å²) in [5.74, 6) is 0.0254. The van der Waals surface area contributed by atoms with Gasteiger partial charge in [0.1, 0.15) is 5.75 Å². The Morgan fingerprint density at radius 2 is 1.84 bits per heavy atom. The van der Waals surface area contributed by atoms with E-state index in [1.807, 2.05) is 31.2 Å². The Labute approximate surface area is 146 Å². The average Bonchev–Trinajstić information content (AvgIpc) is 2.60. The largest absolute Gasteiger partial charge is 0.435 e. The molecule has 2 aromatic rings. The van der Waals surface area contributed by atoms with Crippen molar-refractivity contribution in [3.8, 4) is 5.75 Å². The Bertz CT molecular complexity index is 675. The van der Waals surface area contributed by atoms with Crippen molar-refractivity contribution in [2.75, 3.05) is 11.9 Å². The van der Waals surface area contributed by atoms with Crippen molar-refractivity contribution in [3.05, 3.63) is 59.7 Å². The summed E-state index contributed by atoms with van der Waals surface area (Å²) in [5, 5.41) is 6.16. The van der Waals surface area contributed by atoms with Gasteiger partial charge in [-0.15, -0.1) is 0 Å². The maximum atomic E-state index is 12.2. The second kappa shape index (κ2) is 9.74. The molecular weight excluding hydrogens is 326 g/mol. The summed E-state index contributed by atoms with van der Waals surface area (Å²) in [4.78, 5) is 12.2. The number of anilines is 1. The molecule has 0 aliphatic carbocycles. The van der Waals surface area contributed by atoms with E-state index < -0.39 is 6.61 Å². The second-order valence-corrected chi connectivity index (χ2v) is 5.51. The number of carbonyl (C=O) groups excluding carboxylic acids is 1. The molecule has 0 spiro atoms. The fourth-order valence-corrected chi connectivity index (χ4v) is 2.36. The van der Waals surface area contributed by atoms with Crippen LogP contribution in [-0.4, -0.2) is 19.1 Å². The van der Waals surface area contributed by atoms with E-state index in [1.165, 1.54) is 12.1 Å². The standard InChI is InChI=1S/C19H22F2N2O2/c1-2-22-13-15-5-3-4-6-17(15)23-18(24)12-9-14-7-10-16(11-8-14)25-19(20)21/h3-8,10-11,19,22H,2,9,12-13H2,1H3,(H,23,24). The second-order valence-electron chi connectivity index (χ2n) is 5.51. The number of alkyl halides is 2. The number of benzene rings is 2. The Kier molecular flexibility index (Phi) is 7.35. The van der Waals surface area contributed by atoms with Gasteiger partial charge in [-0.05, 0) is 42.3 Å². The number of para-hydroxylation sites is 1. The molecule has 0 fully saturated rings. The van der Waals surface area contributed by atoms with Crippen molar-refractivity contribution >= 4 is 11.6 Å². The monoisotopic (exact) mass is 348 g/mol. The van der Waals surface area contributed by atoms with Crippen molar-refractivity contribution < 1.29 is 18.3 Å². The van der Waals surface area contributed by atoms with Gasteiger partial charge in [0, 0.05) is 18.7 Å². The lowest BCUT2D eigenvalue weighted by atomic mass is 10.1. The molecule has 2 aromatic carbocycles. The molecule has 0 saturated heterocycles. The highest BCUT2D eigenvalue weighted by molar-refractivity contribution is 5.91. The molecule has 0 radical (unpaired) electrons. The highest BCUT2D eigenvalue weighted by Gasteiger charge is 2.08. The first kappa shape index (κ1) is 18.9. The van der Waals surface area contributed by atoms with Crippen LogP contribution in [0, 0.1) is 0 Å². The van der Waals surface area contributed by atoms with E-state index in [1.54, 1.807) is 12.1 Å². The summed E-state index contributed by atoms with van der Waals surface area (Å²) in [6.45, 7) is 0.740. The minimum absolute atomic E-state index is 0.0862. The summed E-state index contributed by atoms with van der Waals surface area (Å²) >= 11 is 0. The van der Waals surface area contributed by atoms with Crippen LogP contribution >= 0.6 is 0 Å². The van der Waals surface area contributed by atoms with Gasteiger partial charge in [-0.2, -0.15) is 8.78 Å². The molecular formula is C19H22F2N2O2. The molecule has 2 N–H and O–H groups in total. The summed E-state index contributed by atoms with van der Waals surface area (Å²) in [7, 11) is 0. The lowest BCUT2D eigenvalue weighted by Gasteiger charge is -2.11. The van der Waals surface area contributed by atoms with Gasteiger partial charge in [-0.1, -0.05) is 37.3 Å². The maximum Gasteiger partial charge on any atom is 0.387 e. The first-order chi connectivity index (χ1) is 12.1. The van der Waals surface area contributed by atoms with Gasteiger partial charge in [-0.3, -0.25) is 4.79 Å². The van der Waals surface area contributed by atoms with Crippen LogP contribution in [0.1, 0.15) is 24.5 Å². The minimum atomic E-state index is -2.83. The molecule has 0 saturated carbocycles. The molecule has 0 bridgehead atoms. The predicted molar refractivity (Wildman–Crippen MR) is 93.8 cm³/mol. The summed E-state index contributed by atoms with van der Waals surface area (Å²) in [6.07, 6.45) is 0.834. The van der Waals surface area contributed by atoms with Gasteiger partial charge in [0.2, 0.25) is 5.91 Å². The number of aryl methyl sites for hydroxylation is 1. The van der Waals surface area contributed by atoms with E-state index in [0.29, 0.717) is 19.4 Å².